The Kier molecular flexibility index (Phi) is 6.71. The molecule has 0 bridgehead atoms. The molecule has 5 nitrogen and oxygen atoms in total. The lowest BCUT2D eigenvalue weighted by Gasteiger charge is -2.25. The van der Waals surface area contributed by atoms with Gasteiger partial charge in [0.05, 0.1) is 18.2 Å². The first-order valence-electron chi connectivity index (χ1n) is 11.0. The van der Waals surface area contributed by atoms with Crippen molar-refractivity contribution in [3.8, 4) is 11.5 Å². The van der Waals surface area contributed by atoms with Crippen LogP contribution in [0.1, 0.15) is 38.7 Å². The summed E-state index contributed by atoms with van der Waals surface area (Å²) in [5, 5.41) is 4.23. The molecule has 1 fully saturated rings. The fourth-order valence-electron chi connectivity index (χ4n) is 4.20. The average molecular weight is 442 g/mol. The summed E-state index contributed by atoms with van der Waals surface area (Å²) in [6.45, 7) is 6.72. The van der Waals surface area contributed by atoms with Gasteiger partial charge in [-0.15, -0.1) is 0 Å². The highest BCUT2D eigenvalue weighted by molar-refractivity contribution is 6.37. The van der Waals surface area contributed by atoms with Crippen LogP contribution in [0.15, 0.2) is 36.4 Å². The van der Waals surface area contributed by atoms with Gasteiger partial charge < -0.3 is 19.1 Å². The van der Waals surface area contributed by atoms with Crippen molar-refractivity contribution in [3.63, 3.8) is 0 Å². The SMILES string of the molecule is CCOc1c2ccc(COC(=O)N3CCCCC3)cc2c(OCC)c2c(Cl)cccc12. The normalized spacial score (nSPS) is 14.1. The molecule has 6 heteroatoms. The Balaban J connectivity index is 1.75. The maximum Gasteiger partial charge on any atom is 0.410 e. The van der Waals surface area contributed by atoms with Gasteiger partial charge in [0.25, 0.3) is 0 Å². The highest BCUT2D eigenvalue weighted by atomic mass is 35.5. The number of hydrogen-bond donors (Lipinski definition) is 0. The van der Waals surface area contributed by atoms with Gasteiger partial charge in [-0.05, 0) is 50.8 Å². The second-order valence-electron chi connectivity index (χ2n) is 7.67. The number of carbonyl (C=O) groups excluding carboxylic acids is 1. The molecule has 0 saturated carbocycles. The molecule has 4 rings (SSSR count). The van der Waals surface area contributed by atoms with E-state index in [4.69, 9.17) is 25.8 Å². The van der Waals surface area contributed by atoms with Crippen LogP contribution < -0.4 is 9.47 Å². The van der Waals surface area contributed by atoms with Gasteiger partial charge in [-0.3, -0.25) is 0 Å². The van der Waals surface area contributed by atoms with Crippen molar-refractivity contribution in [3.05, 3.63) is 47.0 Å². The smallest absolute Gasteiger partial charge is 0.410 e. The predicted molar refractivity (Wildman–Crippen MR) is 124 cm³/mol. The van der Waals surface area contributed by atoms with E-state index < -0.39 is 0 Å². The molecule has 0 spiro atoms. The van der Waals surface area contributed by atoms with Crippen molar-refractivity contribution in [2.24, 2.45) is 0 Å². The Hall–Kier alpha value is -2.66. The number of ether oxygens (including phenoxy) is 3. The summed E-state index contributed by atoms with van der Waals surface area (Å²) in [5.41, 5.74) is 0.896. The number of likely N-dealkylation sites (tertiary alicyclic amines) is 1. The Morgan fingerprint density at radius 2 is 1.68 bits per heavy atom. The lowest BCUT2D eigenvalue weighted by Crippen LogP contribution is -2.35. The Morgan fingerprint density at radius 3 is 2.42 bits per heavy atom. The van der Waals surface area contributed by atoms with Crippen molar-refractivity contribution in [1.29, 1.82) is 0 Å². The molecule has 1 aliphatic heterocycles. The molecule has 0 aromatic heterocycles. The average Bonchev–Trinajstić information content (AvgIpc) is 2.80. The minimum atomic E-state index is -0.249. The molecule has 1 amide bonds. The van der Waals surface area contributed by atoms with Crippen LogP contribution in [0.3, 0.4) is 0 Å². The second kappa shape index (κ2) is 9.65. The predicted octanol–water partition coefficient (Wildman–Crippen LogP) is 6.57. The molecule has 0 aliphatic carbocycles. The molecule has 1 saturated heterocycles. The lowest BCUT2D eigenvalue weighted by atomic mass is 9.98. The number of hydrogen-bond acceptors (Lipinski definition) is 4. The number of halogens is 1. The molecule has 0 unspecified atom stereocenters. The quantitative estimate of drug-likeness (QED) is 0.406. The van der Waals surface area contributed by atoms with Gasteiger partial charge in [-0.2, -0.15) is 0 Å². The molecule has 1 aliphatic rings. The van der Waals surface area contributed by atoms with E-state index in [0.29, 0.717) is 18.2 Å². The van der Waals surface area contributed by atoms with Crippen LogP contribution in [0.5, 0.6) is 11.5 Å². The van der Waals surface area contributed by atoms with E-state index in [1.807, 2.05) is 50.2 Å². The van der Waals surface area contributed by atoms with E-state index in [1.165, 1.54) is 6.42 Å². The second-order valence-corrected chi connectivity index (χ2v) is 8.08. The molecule has 0 N–H and O–H groups in total. The molecule has 0 radical (unpaired) electrons. The van der Waals surface area contributed by atoms with Crippen molar-refractivity contribution < 1.29 is 19.0 Å². The molecule has 0 atom stereocenters. The van der Waals surface area contributed by atoms with Crippen molar-refractivity contribution in [1.82, 2.24) is 4.90 Å². The number of benzene rings is 3. The summed E-state index contributed by atoms with van der Waals surface area (Å²) < 4.78 is 17.7. The Morgan fingerprint density at radius 1 is 0.935 bits per heavy atom. The summed E-state index contributed by atoms with van der Waals surface area (Å²) in [6.07, 6.45) is 3.00. The zero-order valence-corrected chi connectivity index (χ0v) is 18.8. The number of piperidine rings is 1. The first-order chi connectivity index (χ1) is 15.1. The molecule has 1 heterocycles. The number of fused-ring (bicyclic) bond motifs is 2. The van der Waals surface area contributed by atoms with Gasteiger partial charge >= 0.3 is 6.09 Å². The molecule has 31 heavy (non-hydrogen) atoms. The fraction of sp³-hybridized carbons (Fsp3) is 0.400. The van der Waals surface area contributed by atoms with Crippen LogP contribution in [0.2, 0.25) is 5.02 Å². The van der Waals surface area contributed by atoms with E-state index in [0.717, 1.165) is 64.5 Å². The van der Waals surface area contributed by atoms with E-state index in [9.17, 15) is 4.79 Å². The van der Waals surface area contributed by atoms with Gasteiger partial charge in [0.2, 0.25) is 0 Å². The van der Waals surface area contributed by atoms with Crippen LogP contribution in [-0.4, -0.2) is 37.3 Å². The van der Waals surface area contributed by atoms with Crippen molar-refractivity contribution in [2.75, 3.05) is 26.3 Å². The fourth-order valence-corrected chi connectivity index (χ4v) is 4.46. The van der Waals surface area contributed by atoms with E-state index in [-0.39, 0.29) is 12.7 Å². The molecule has 3 aromatic carbocycles. The number of nitrogens with zero attached hydrogens (tertiary/aromatic N) is 1. The minimum Gasteiger partial charge on any atom is -0.493 e. The number of amides is 1. The Labute approximate surface area is 187 Å². The van der Waals surface area contributed by atoms with Gasteiger partial charge in [-0.1, -0.05) is 35.9 Å². The van der Waals surface area contributed by atoms with Gasteiger partial charge in [0.1, 0.15) is 18.1 Å². The van der Waals surface area contributed by atoms with Crippen LogP contribution in [0.4, 0.5) is 4.79 Å². The van der Waals surface area contributed by atoms with Crippen LogP contribution in [0.25, 0.3) is 21.5 Å². The molecular formula is C25H28ClNO4. The largest absolute Gasteiger partial charge is 0.493 e. The third-order valence-corrected chi connectivity index (χ3v) is 5.93. The van der Waals surface area contributed by atoms with E-state index >= 15 is 0 Å². The zero-order valence-electron chi connectivity index (χ0n) is 18.1. The minimum absolute atomic E-state index is 0.210. The maximum atomic E-state index is 12.4. The van der Waals surface area contributed by atoms with Crippen LogP contribution in [0, 0.1) is 0 Å². The summed E-state index contributed by atoms with van der Waals surface area (Å²) in [5.74, 6) is 1.51. The lowest BCUT2D eigenvalue weighted by molar-refractivity contribution is 0.0895. The van der Waals surface area contributed by atoms with Crippen molar-refractivity contribution in [2.45, 2.75) is 39.7 Å². The van der Waals surface area contributed by atoms with Gasteiger partial charge in [0, 0.05) is 34.6 Å². The van der Waals surface area contributed by atoms with Crippen molar-refractivity contribution >= 4 is 39.2 Å². The molecule has 164 valence electrons. The summed E-state index contributed by atoms with van der Waals surface area (Å²) in [4.78, 5) is 14.2. The first-order valence-corrected chi connectivity index (χ1v) is 11.4. The third-order valence-electron chi connectivity index (χ3n) is 5.61. The number of rotatable bonds is 6. The summed E-state index contributed by atoms with van der Waals surface area (Å²) >= 11 is 6.59. The third kappa shape index (κ3) is 4.38. The highest BCUT2D eigenvalue weighted by Crippen LogP contribution is 2.45. The maximum absolute atomic E-state index is 12.4. The topological polar surface area (TPSA) is 48.0 Å². The van der Waals surface area contributed by atoms with Crippen LogP contribution >= 0.6 is 11.6 Å². The molecular weight excluding hydrogens is 414 g/mol. The van der Waals surface area contributed by atoms with Crippen LogP contribution in [-0.2, 0) is 11.3 Å². The summed E-state index contributed by atoms with van der Waals surface area (Å²) in [7, 11) is 0. The first kappa shape index (κ1) is 21.6. The Bertz CT molecular complexity index is 1090. The highest BCUT2D eigenvalue weighted by Gasteiger charge is 2.20. The monoisotopic (exact) mass is 441 g/mol. The zero-order chi connectivity index (χ0) is 21.8. The van der Waals surface area contributed by atoms with E-state index in [2.05, 4.69) is 0 Å². The number of carbonyl (C=O) groups is 1. The summed E-state index contributed by atoms with van der Waals surface area (Å²) in [6, 6.07) is 11.8. The van der Waals surface area contributed by atoms with Gasteiger partial charge in [-0.25, -0.2) is 4.79 Å². The van der Waals surface area contributed by atoms with Gasteiger partial charge in [0.15, 0.2) is 0 Å². The van der Waals surface area contributed by atoms with E-state index in [1.54, 1.807) is 4.90 Å². The molecule has 3 aromatic rings. The standard InChI is InChI=1S/C25H28ClNO4/c1-3-29-23-18-12-11-17(16-31-25(28)27-13-6-5-7-14-27)15-20(18)24(30-4-2)22-19(23)9-8-10-21(22)26/h8-12,15H,3-7,13-14,16H2,1-2H3.